The van der Waals surface area contributed by atoms with E-state index in [2.05, 4.69) is 15.0 Å². The van der Waals surface area contributed by atoms with Gasteiger partial charge < -0.3 is 9.15 Å². The van der Waals surface area contributed by atoms with E-state index in [0.717, 1.165) is 0 Å². The minimum Gasteiger partial charge on any atom is -0.472 e. The summed E-state index contributed by atoms with van der Waals surface area (Å²) in [6.07, 6.45) is 4.80. The first-order valence-electron chi connectivity index (χ1n) is 7.58. The Balaban J connectivity index is 1.54. The van der Waals surface area contributed by atoms with Crippen LogP contribution in [0.25, 0.3) is 11.1 Å². The molecule has 3 heterocycles. The summed E-state index contributed by atoms with van der Waals surface area (Å²) in [5, 5.41) is 0. The lowest BCUT2D eigenvalue weighted by Crippen LogP contribution is -2.31. The van der Waals surface area contributed by atoms with Gasteiger partial charge in [0, 0.05) is 18.9 Å². The summed E-state index contributed by atoms with van der Waals surface area (Å²) in [5.41, 5.74) is 0.659. The highest BCUT2D eigenvalue weighted by Crippen LogP contribution is 2.25. The van der Waals surface area contributed by atoms with Gasteiger partial charge in [-0.1, -0.05) is 0 Å². The van der Waals surface area contributed by atoms with Crippen LogP contribution in [0.4, 0.5) is 0 Å². The van der Waals surface area contributed by atoms with Gasteiger partial charge in [0.1, 0.15) is 6.10 Å². The number of rotatable bonds is 4. The third-order valence-electron chi connectivity index (χ3n) is 3.96. The van der Waals surface area contributed by atoms with Crippen LogP contribution in [0, 0.1) is 0 Å². The molecule has 0 aliphatic carbocycles. The summed E-state index contributed by atoms with van der Waals surface area (Å²) >= 11 is 0. The topological polar surface area (TPSA) is 118 Å². The minimum atomic E-state index is -3.69. The molecule has 1 saturated heterocycles. The van der Waals surface area contributed by atoms with Gasteiger partial charge >= 0.3 is 5.76 Å². The number of nitrogens with one attached hydrogen (secondary N) is 1. The van der Waals surface area contributed by atoms with Crippen molar-refractivity contribution >= 4 is 21.1 Å². The largest absolute Gasteiger partial charge is 0.472 e. The second-order valence-corrected chi connectivity index (χ2v) is 7.55. The Morgan fingerprint density at radius 3 is 3.00 bits per heavy atom. The summed E-state index contributed by atoms with van der Waals surface area (Å²) < 4.78 is 37.5. The molecule has 1 fully saturated rings. The van der Waals surface area contributed by atoms with Crippen molar-refractivity contribution in [3.8, 4) is 5.88 Å². The van der Waals surface area contributed by atoms with E-state index in [-0.39, 0.29) is 17.5 Å². The van der Waals surface area contributed by atoms with Gasteiger partial charge in [-0.3, -0.25) is 9.97 Å². The molecule has 25 heavy (non-hydrogen) atoms. The summed E-state index contributed by atoms with van der Waals surface area (Å²) in [6.45, 7) is 0.562. The highest BCUT2D eigenvalue weighted by molar-refractivity contribution is 7.89. The van der Waals surface area contributed by atoms with Crippen LogP contribution in [0.2, 0.25) is 0 Å². The molecule has 1 aromatic carbocycles. The van der Waals surface area contributed by atoms with Gasteiger partial charge in [-0.2, -0.15) is 4.31 Å². The summed E-state index contributed by atoms with van der Waals surface area (Å²) in [7, 11) is -3.69. The second kappa shape index (κ2) is 5.97. The van der Waals surface area contributed by atoms with Crippen LogP contribution >= 0.6 is 0 Å². The van der Waals surface area contributed by atoms with Crippen molar-refractivity contribution in [1.29, 1.82) is 0 Å². The maximum Gasteiger partial charge on any atom is 0.417 e. The van der Waals surface area contributed by atoms with Crippen molar-refractivity contribution in [3.63, 3.8) is 0 Å². The summed E-state index contributed by atoms with van der Waals surface area (Å²) in [5.74, 6) is -0.257. The fourth-order valence-corrected chi connectivity index (χ4v) is 4.28. The zero-order valence-electron chi connectivity index (χ0n) is 13.0. The van der Waals surface area contributed by atoms with Crippen molar-refractivity contribution in [1.82, 2.24) is 19.3 Å². The molecule has 1 aliphatic heterocycles. The van der Waals surface area contributed by atoms with Crippen LogP contribution in [-0.4, -0.2) is 46.9 Å². The quantitative estimate of drug-likeness (QED) is 0.727. The van der Waals surface area contributed by atoms with Crippen LogP contribution in [0.1, 0.15) is 6.42 Å². The molecule has 0 saturated carbocycles. The molecule has 1 atom stereocenters. The number of ether oxygens (including phenoxy) is 1. The number of fused-ring (bicyclic) bond motifs is 1. The van der Waals surface area contributed by atoms with Crippen LogP contribution in [0.5, 0.6) is 5.88 Å². The van der Waals surface area contributed by atoms with E-state index < -0.39 is 15.8 Å². The molecule has 0 radical (unpaired) electrons. The number of aromatic amines is 1. The predicted molar refractivity (Wildman–Crippen MR) is 86.7 cm³/mol. The van der Waals surface area contributed by atoms with E-state index >= 15 is 0 Å². The predicted octanol–water partition coefficient (Wildman–Crippen LogP) is 0.753. The normalized spacial score (nSPS) is 18.6. The maximum absolute atomic E-state index is 12.8. The molecule has 9 nitrogen and oxygen atoms in total. The van der Waals surface area contributed by atoms with Gasteiger partial charge in [-0.05, 0) is 24.6 Å². The van der Waals surface area contributed by atoms with E-state index in [1.807, 2.05) is 0 Å². The minimum absolute atomic E-state index is 0.0946. The molecule has 2 aromatic heterocycles. The number of hydrogen-bond donors (Lipinski definition) is 1. The van der Waals surface area contributed by atoms with Crippen molar-refractivity contribution in [2.24, 2.45) is 0 Å². The van der Waals surface area contributed by atoms with E-state index in [9.17, 15) is 13.2 Å². The number of sulfonamides is 1. The van der Waals surface area contributed by atoms with Crippen molar-refractivity contribution < 1.29 is 17.6 Å². The van der Waals surface area contributed by atoms with E-state index in [1.165, 1.54) is 41.1 Å². The highest BCUT2D eigenvalue weighted by Gasteiger charge is 2.34. The van der Waals surface area contributed by atoms with Crippen molar-refractivity contribution in [2.45, 2.75) is 17.4 Å². The lowest BCUT2D eigenvalue weighted by molar-refractivity contribution is 0.206. The molecule has 0 amide bonds. The number of H-pyrrole nitrogens is 1. The van der Waals surface area contributed by atoms with Gasteiger partial charge in [0.25, 0.3) is 0 Å². The smallest absolute Gasteiger partial charge is 0.417 e. The third kappa shape index (κ3) is 3.01. The van der Waals surface area contributed by atoms with Crippen molar-refractivity contribution in [3.05, 3.63) is 47.3 Å². The Kier molecular flexibility index (Phi) is 3.77. The van der Waals surface area contributed by atoms with E-state index in [4.69, 9.17) is 9.15 Å². The van der Waals surface area contributed by atoms with Crippen molar-refractivity contribution in [2.75, 3.05) is 13.1 Å². The van der Waals surface area contributed by atoms with Gasteiger partial charge in [-0.25, -0.2) is 18.2 Å². The Hall–Kier alpha value is -2.72. The first-order valence-corrected chi connectivity index (χ1v) is 9.02. The third-order valence-corrected chi connectivity index (χ3v) is 5.82. The fourth-order valence-electron chi connectivity index (χ4n) is 2.77. The zero-order valence-corrected chi connectivity index (χ0v) is 13.8. The molecular weight excluding hydrogens is 348 g/mol. The number of nitrogens with zero attached hydrogens (tertiary/aromatic N) is 3. The van der Waals surface area contributed by atoms with Crippen LogP contribution in [-0.2, 0) is 10.0 Å². The molecule has 0 bridgehead atoms. The molecule has 130 valence electrons. The molecular formula is C15H14N4O5S. The monoisotopic (exact) mass is 362 g/mol. The molecule has 10 heteroatoms. The molecule has 1 aliphatic rings. The number of hydrogen-bond acceptors (Lipinski definition) is 7. The average Bonchev–Trinajstić information content (AvgIpc) is 3.21. The first kappa shape index (κ1) is 15.8. The molecule has 3 aromatic rings. The molecule has 0 spiro atoms. The number of oxazole rings is 1. The second-order valence-electron chi connectivity index (χ2n) is 5.61. The number of aromatic nitrogens is 3. The van der Waals surface area contributed by atoms with Gasteiger partial charge in [0.05, 0.1) is 23.2 Å². The Bertz CT molecular complexity index is 1060. The molecule has 0 unspecified atom stereocenters. The molecule has 1 N–H and O–H groups in total. The van der Waals surface area contributed by atoms with Crippen LogP contribution in [0.3, 0.4) is 0 Å². The molecule has 4 rings (SSSR count). The van der Waals surface area contributed by atoms with Gasteiger partial charge in [0.2, 0.25) is 15.9 Å². The van der Waals surface area contributed by atoms with Gasteiger partial charge in [0.15, 0.2) is 5.58 Å². The first-order chi connectivity index (χ1) is 12.0. The summed E-state index contributed by atoms with van der Waals surface area (Å²) in [6, 6.07) is 4.28. The van der Waals surface area contributed by atoms with Crippen LogP contribution < -0.4 is 10.5 Å². The Morgan fingerprint density at radius 2 is 2.20 bits per heavy atom. The highest BCUT2D eigenvalue weighted by atomic mass is 32.2. The zero-order chi connectivity index (χ0) is 17.4. The van der Waals surface area contributed by atoms with E-state index in [0.29, 0.717) is 29.9 Å². The summed E-state index contributed by atoms with van der Waals surface area (Å²) in [4.78, 5) is 21.7. The fraction of sp³-hybridized carbons (Fsp3) is 0.267. The lowest BCUT2D eigenvalue weighted by Gasteiger charge is -2.17. The SMILES string of the molecule is O=c1[nH]c2cc(S(=O)(=O)N3CC[C@H](Oc4cnccn4)C3)ccc2o1. The lowest BCUT2D eigenvalue weighted by atomic mass is 10.3. The Labute approximate surface area is 142 Å². The van der Waals surface area contributed by atoms with E-state index in [1.54, 1.807) is 0 Å². The van der Waals surface area contributed by atoms with Gasteiger partial charge in [-0.15, -0.1) is 0 Å². The number of benzene rings is 1. The average molecular weight is 362 g/mol. The van der Waals surface area contributed by atoms with Crippen LogP contribution in [0.15, 0.2) is 50.9 Å². The maximum atomic E-state index is 12.8. The standard InChI is InChI=1S/C15H14N4O5S/c20-15-18-12-7-11(1-2-13(12)24-15)25(21,22)19-6-3-10(9-19)23-14-8-16-4-5-17-14/h1-2,4-5,7-8,10H,3,6,9H2,(H,18,20)/t10-/m0/s1. The Morgan fingerprint density at radius 1 is 1.32 bits per heavy atom.